The number of thiocarbonyl (C=S) groups is 1. The fraction of sp³-hybridized carbons (Fsp3) is 0.276. The molecule has 0 saturated carbocycles. The zero-order chi connectivity index (χ0) is 28.2. The largest absolute Gasteiger partial charge is 0.379 e. The molecule has 1 saturated heterocycles. The van der Waals surface area contributed by atoms with Gasteiger partial charge in [0.2, 0.25) is 6.17 Å². The van der Waals surface area contributed by atoms with Crippen molar-refractivity contribution < 1.29 is 9.53 Å². The Morgan fingerprint density at radius 3 is 2.45 bits per heavy atom. The molecule has 1 amide bonds. The number of nitrogens with zero attached hydrogens (tertiary/aromatic N) is 3. The van der Waals surface area contributed by atoms with E-state index in [-0.39, 0.29) is 11.9 Å². The highest BCUT2D eigenvalue weighted by molar-refractivity contribution is 7.80. The minimum Gasteiger partial charge on any atom is -0.379 e. The van der Waals surface area contributed by atoms with Crippen molar-refractivity contribution in [2.24, 2.45) is 4.99 Å². The molecule has 2 aliphatic rings. The number of likely N-dealkylation sites (N-methyl/N-ethyl adjacent to an activating group) is 1. The van der Waals surface area contributed by atoms with Crippen LogP contribution in [0.5, 0.6) is 0 Å². The zero-order valence-electron chi connectivity index (χ0n) is 21.7. The average Bonchev–Trinajstić information content (AvgIpc) is 3.05. The van der Waals surface area contributed by atoms with Gasteiger partial charge in [0.1, 0.15) is 0 Å². The van der Waals surface area contributed by atoms with E-state index in [0.29, 0.717) is 62.5 Å². The molecular weight excluding hydrogens is 589 g/mol. The van der Waals surface area contributed by atoms with E-state index >= 15 is 0 Å². The highest BCUT2D eigenvalue weighted by atomic mass is 35.5. The Hall–Kier alpha value is -2.72. The molecule has 2 heterocycles. The maximum absolute atomic E-state index is 13.6. The monoisotopic (exact) mass is 615 g/mol. The lowest BCUT2D eigenvalue weighted by molar-refractivity contribution is -0.119. The molecule has 208 valence electrons. The van der Waals surface area contributed by atoms with Gasteiger partial charge in [-0.1, -0.05) is 71.2 Å². The molecule has 3 aromatic carbocycles. The van der Waals surface area contributed by atoms with Crippen molar-refractivity contribution in [2.45, 2.75) is 12.2 Å². The van der Waals surface area contributed by atoms with E-state index in [4.69, 9.17) is 56.7 Å². The second kappa shape index (κ2) is 12.9. The Kier molecular flexibility index (Phi) is 9.25. The van der Waals surface area contributed by atoms with E-state index in [1.165, 1.54) is 0 Å². The Morgan fingerprint density at radius 1 is 1.02 bits per heavy atom. The van der Waals surface area contributed by atoms with Crippen molar-refractivity contribution in [1.29, 1.82) is 0 Å². The van der Waals surface area contributed by atoms with E-state index in [2.05, 4.69) is 15.5 Å². The molecule has 3 aromatic rings. The Labute approximate surface area is 254 Å². The number of carbonyl (C=O) groups is 1. The van der Waals surface area contributed by atoms with Crippen molar-refractivity contribution in [2.75, 3.05) is 44.8 Å². The highest BCUT2D eigenvalue weighted by Gasteiger charge is 2.32. The van der Waals surface area contributed by atoms with Gasteiger partial charge in [0.25, 0.3) is 5.91 Å². The molecule has 0 spiro atoms. The standard InChI is InChI=1S/C29H28Cl3N5O2S/c1-36-24-11-10-18(30)16-21(24)26(20-7-3-5-9-23(20)32)34-27(28(36)38)35-29(40)33-17-25(37-12-14-39-15-13-37)19-6-2-4-8-22(19)31/h2-11,16,25,27H,12-15,17H2,1H3,(H2,33,35,40). The molecule has 7 nitrogen and oxygen atoms in total. The summed E-state index contributed by atoms with van der Waals surface area (Å²) in [6.45, 7) is 3.32. The van der Waals surface area contributed by atoms with E-state index in [9.17, 15) is 4.79 Å². The molecule has 11 heteroatoms. The number of amides is 1. The SMILES string of the molecule is CN1C(=O)C(NC(=S)NCC(c2ccccc2Cl)N2CCOCC2)N=C(c2ccccc2Cl)c2cc(Cl)ccc21. The van der Waals surface area contributed by atoms with Crippen LogP contribution in [0.4, 0.5) is 5.69 Å². The summed E-state index contributed by atoms with van der Waals surface area (Å²) in [7, 11) is 1.71. The number of ether oxygens (including phenoxy) is 1. The molecule has 1 fully saturated rings. The molecule has 2 atom stereocenters. The van der Waals surface area contributed by atoms with Crippen LogP contribution in [0.15, 0.2) is 71.7 Å². The first kappa shape index (κ1) is 28.8. The van der Waals surface area contributed by atoms with Crippen molar-refractivity contribution in [3.8, 4) is 0 Å². The van der Waals surface area contributed by atoms with Crippen molar-refractivity contribution >= 4 is 69.4 Å². The van der Waals surface area contributed by atoms with Crippen LogP contribution in [0.25, 0.3) is 0 Å². The van der Waals surface area contributed by atoms with Crippen LogP contribution in [0.3, 0.4) is 0 Å². The van der Waals surface area contributed by atoms with Crippen LogP contribution < -0.4 is 15.5 Å². The quantitative estimate of drug-likeness (QED) is 0.365. The lowest BCUT2D eigenvalue weighted by Gasteiger charge is -2.35. The predicted octanol–water partition coefficient (Wildman–Crippen LogP) is 5.32. The summed E-state index contributed by atoms with van der Waals surface area (Å²) in [4.78, 5) is 22.3. The van der Waals surface area contributed by atoms with Crippen LogP contribution in [-0.2, 0) is 9.53 Å². The first-order chi connectivity index (χ1) is 19.3. The average molecular weight is 617 g/mol. The molecule has 0 radical (unpaired) electrons. The number of hydrogen-bond acceptors (Lipinski definition) is 5. The lowest BCUT2D eigenvalue weighted by atomic mass is 10.00. The summed E-state index contributed by atoms with van der Waals surface area (Å²) in [5, 5.41) is 8.43. The van der Waals surface area contributed by atoms with Gasteiger partial charge in [-0.25, -0.2) is 4.99 Å². The summed E-state index contributed by atoms with van der Waals surface area (Å²) in [6.07, 6.45) is -0.996. The minimum atomic E-state index is -0.996. The molecule has 2 aliphatic heterocycles. The molecule has 0 aliphatic carbocycles. The first-order valence-electron chi connectivity index (χ1n) is 12.8. The fourth-order valence-corrected chi connectivity index (χ4v) is 5.80. The second-order valence-corrected chi connectivity index (χ2v) is 11.1. The van der Waals surface area contributed by atoms with Gasteiger partial charge in [-0.3, -0.25) is 9.69 Å². The number of morpholine rings is 1. The third kappa shape index (κ3) is 6.28. The van der Waals surface area contributed by atoms with E-state index < -0.39 is 6.17 Å². The third-order valence-electron chi connectivity index (χ3n) is 7.00. The smallest absolute Gasteiger partial charge is 0.272 e. The number of fused-ring (bicyclic) bond motifs is 1. The topological polar surface area (TPSA) is 69.2 Å². The normalized spacial score (nSPS) is 18.4. The van der Waals surface area contributed by atoms with Gasteiger partial charge in [-0.15, -0.1) is 0 Å². The zero-order valence-corrected chi connectivity index (χ0v) is 24.8. The Morgan fingerprint density at radius 2 is 1.73 bits per heavy atom. The summed E-state index contributed by atoms with van der Waals surface area (Å²) < 4.78 is 5.56. The molecular formula is C29H28Cl3N5O2S. The Bertz CT molecular complexity index is 1450. The highest BCUT2D eigenvalue weighted by Crippen LogP contribution is 2.32. The van der Waals surface area contributed by atoms with E-state index in [1.54, 1.807) is 36.2 Å². The van der Waals surface area contributed by atoms with Gasteiger partial charge in [-0.2, -0.15) is 0 Å². The maximum atomic E-state index is 13.6. The third-order valence-corrected chi connectivity index (χ3v) is 8.17. The van der Waals surface area contributed by atoms with Gasteiger partial charge in [-0.05, 0) is 48.1 Å². The van der Waals surface area contributed by atoms with E-state index in [1.807, 2.05) is 42.5 Å². The van der Waals surface area contributed by atoms with Gasteiger partial charge >= 0.3 is 0 Å². The summed E-state index contributed by atoms with van der Waals surface area (Å²) in [5.41, 5.74) is 3.60. The second-order valence-electron chi connectivity index (χ2n) is 9.46. The summed E-state index contributed by atoms with van der Waals surface area (Å²) in [5.74, 6) is -0.273. The number of benzodiazepines with no additional fused rings is 1. The molecule has 0 bridgehead atoms. The number of hydrogen-bond donors (Lipinski definition) is 2. The maximum Gasteiger partial charge on any atom is 0.272 e. The molecule has 2 unspecified atom stereocenters. The number of rotatable bonds is 6. The van der Waals surface area contributed by atoms with Crippen LogP contribution >= 0.6 is 47.0 Å². The predicted molar refractivity (Wildman–Crippen MR) is 166 cm³/mol. The molecule has 2 N–H and O–H groups in total. The Balaban J connectivity index is 1.41. The van der Waals surface area contributed by atoms with Crippen LogP contribution in [0.2, 0.25) is 15.1 Å². The van der Waals surface area contributed by atoms with Gasteiger partial charge in [0, 0.05) is 52.9 Å². The number of anilines is 1. The number of aliphatic imine (C=N–C) groups is 1. The molecule has 0 aromatic heterocycles. The van der Waals surface area contributed by atoms with Crippen molar-refractivity contribution in [3.05, 3.63) is 98.5 Å². The minimum absolute atomic E-state index is 0.0431. The summed E-state index contributed by atoms with van der Waals surface area (Å²) >= 11 is 25.2. The number of benzene rings is 3. The van der Waals surface area contributed by atoms with Gasteiger partial charge in [0.05, 0.1) is 30.7 Å². The first-order valence-corrected chi connectivity index (χ1v) is 14.4. The fourth-order valence-electron chi connectivity index (χ4n) is 4.94. The van der Waals surface area contributed by atoms with Gasteiger partial charge < -0.3 is 20.3 Å². The van der Waals surface area contributed by atoms with Crippen LogP contribution in [-0.4, -0.2) is 67.7 Å². The molecule has 5 rings (SSSR count). The van der Waals surface area contributed by atoms with Gasteiger partial charge in [0.15, 0.2) is 5.11 Å². The van der Waals surface area contributed by atoms with Crippen LogP contribution in [0, 0.1) is 0 Å². The van der Waals surface area contributed by atoms with Crippen molar-refractivity contribution in [3.63, 3.8) is 0 Å². The van der Waals surface area contributed by atoms with Crippen molar-refractivity contribution in [1.82, 2.24) is 15.5 Å². The number of halogens is 3. The summed E-state index contributed by atoms with van der Waals surface area (Å²) in [6, 6.07) is 20.5. The van der Waals surface area contributed by atoms with E-state index in [0.717, 1.165) is 18.7 Å². The van der Waals surface area contributed by atoms with Crippen LogP contribution in [0.1, 0.15) is 22.7 Å². The number of carbonyl (C=O) groups excluding carboxylic acids is 1. The number of nitrogens with one attached hydrogen (secondary N) is 2. The molecule has 40 heavy (non-hydrogen) atoms. The lowest BCUT2D eigenvalue weighted by Crippen LogP contribution is -2.51.